The largest absolute Gasteiger partial charge is 0.489 e. The van der Waals surface area contributed by atoms with E-state index >= 15 is 0 Å². The lowest BCUT2D eigenvalue weighted by atomic mass is 10.2. The molecule has 5 heteroatoms. The minimum Gasteiger partial charge on any atom is -0.489 e. The minimum absolute atomic E-state index is 0.276. The molecule has 0 saturated heterocycles. The van der Waals surface area contributed by atoms with Crippen molar-refractivity contribution in [1.82, 2.24) is 10.7 Å². The van der Waals surface area contributed by atoms with E-state index in [0.717, 1.165) is 11.3 Å². The monoisotopic (exact) mass is 277 g/mol. The third-order valence-corrected chi connectivity index (χ3v) is 2.27. The Morgan fingerprint density at radius 2 is 2.21 bits per heavy atom. The number of nitrogens with one attached hydrogen (secondary N) is 2. The van der Waals surface area contributed by atoms with Crippen molar-refractivity contribution in [2.45, 2.75) is 19.9 Å². The first-order valence-electron chi connectivity index (χ1n) is 6.05. The van der Waals surface area contributed by atoms with Crippen LogP contribution in [0.25, 0.3) is 0 Å². The molecule has 0 amide bonds. The van der Waals surface area contributed by atoms with Crippen molar-refractivity contribution in [2.24, 2.45) is 5.10 Å². The molecule has 1 rings (SSSR count). The SMILES string of the molecule is C=CCOc1ccccc1/C=N\NC(=S)NC(C)C. The lowest BCUT2D eigenvalue weighted by Crippen LogP contribution is -2.36. The first-order valence-corrected chi connectivity index (χ1v) is 6.46. The minimum atomic E-state index is 0.276. The van der Waals surface area contributed by atoms with Crippen LogP contribution in [0.4, 0.5) is 0 Å². The van der Waals surface area contributed by atoms with E-state index in [0.29, 0.717) is 11.7 Å². The highest BCUT2D eigenvalue weighted by atomic mass is 32.1. The fourth-order valence-corrected chi connectivity index (χ4v) is 1.61. The smallest absolute Gasteiger partial charge is 0.187 e. The van der Waals surface area contributed by atoms with Crippen LogP contribution in [0.2, 0.25) is 0 Å². The lowest BCUT2D eigenvalue weighted by Gasteiger charge is -2.10. The Balaban J connectivity index is 2.60. The summed E-state index contributed by atoms with van der Waals surface area (Å²) in [5.41, 5.74) is 3.64. The van der Waals surface area contributed by atoms with Gasteiger partial charge in [-0.05, 0) is 38.2 Å². The fourth-order valence-electron chi connectivity index (χ4n) is 1.32. The molecule has 0 spiro atoms. The molecule has 0 fully saturated rings. The lowest BCUT2D eigenvalue weighted by molar-refractivity contribution is 0.362. The van der Waals surface area contributed by atoms with Crippen molar-refractivity contribution < 1.29 is 4.74 Å². The van der Waals surface area contributed by atoms with E-state index in [1.807, 2.05) is 38.1 Å². The summed E-state index contributed by atoms with van der Waals surface area (Å²) in [6, 6.07) is 7.91. The van der Waals surface area contributed by atoms with Crippen molar-refractivity contribution in [1.29, 1.82) is 0 Å². The number of ether oxygens (including phenoxy) is 1. The molecule has 0 radical (unpaired) electrons. The molecule has 0 aromatic heterocycles. The Labute approximate surface area is 119 Å². The number of rotatable bonds is 6. The maximum absolute atomic E-state index is 5.52. The highest BCUT2D eigenvalue weighted by molar-refractivity contribution is 7.80. The van der Waals surface area contributed by atoms with Gasteiger partial charge in [-0.2, -0.15) is 5.10 Å². The molecular weight excluding hydrogens is 258 g/mol. The van der Waals surface area contributed by atoms with Crippen molar-refractivity contribution in [2.75, 3.05) is 6.61 Å². The van der Waals surface area contributed by atoms with Gasteiger partial charge in [-0.3, -0.25) is 5.43 Å². The third kappa shape index (κ3) is 6.01. The maximum atomic E-state index is 5.52. The number of benzene rings is 1. The summed E-state index contributed by atoms with van der Waals surface area (Å²) in [6.45, 7) is 8.11. The topological polar surface area (TPSA) is 45.6 Å². The average Bonchev–Trinajstić information content (AvgIpc) is 2.36. The van der Waals surface area contributed by atoms with E-state index < -0.39 is 0 Å². The second kappa shape index (κ2) is 8.26. The zero-order chi connectivity index (χ0) is 14.1. The van der Waals surface area contributed by atoms with E-state index in [1.54, 1.807) is 12.3 Å². The summed E-state index contributed by atoms with van der Waals surface area (Å²) in [4.78, 5) is 0. The van der Waals surface area contributed by atoms with E-state index in [1.165, 1.54) is 0 Å². The number of hydrogen-bond acceptors (Lipinski definition) is 3. The van der Waals surface area contributed by atoms with Crippen LogP contribution in [-0.2, 0) is 0 Å². The Hall–Kier alpha value is -1.88. The van der Waals surface area contributed by atoms with Crippen LogP contribution in [0, 0.1) is 0 Å². The van der Waals surface area contributed by atoms with Gasteiger partial charge in [-0.15, -0.1) is 0 Å². The van der Waals surface area contributed by atoms with E-state index in [9.17, 15) is 0 Å². The van der Waals surface area contributed by atoms with Crippen molar-refractivity contribution in [3.63, 3.8) is 0 Å². The van der Waals surface area contributed by atoms with Crippen LogP contribution in [0.1, 0.15) is 19.4 Å². The Kier molecular flexibility index (Phi) is 6.60. The van der Waals surface area contributed by atoms with Crippen LogP contribution in [0.5, 0.6) is 5.75 Å². The third-order valence-electron chi connectivity index (χ3n) is 2.07. The van der Waals surface area contributed by atoms with Gasteiger partial charge in [0, 0.05) is 11.6 Å². The van der Waals surface area contributed by atoms with Crippen molar-refractivity contribution in [3.05, 3.63) is 42.5 Å². The number of thiocarbonyl (C=S) groups is 1. The molecule has 0 heterocycles. The van der Waals surface area contributed by atoms with Crippen LogP contribution in [0.15, 0.2) is 42.0 Å². The number of hydrazone groups is 1. The Morgan fingerprint density at radius 1 is 1.47 bits per heavy atom. The molecule has 102 valence electrons. The van der Waals surface area contributed by atoms with Gasteiger partial charge in [0.2, 0.25) is 0 Å². The maximum Gasteiger partial charge on any atom is 0.187 e. The van der Waals surface area contributed by atoms with Crippen LogP contribution in [0.3, 0.4) is 0 Å². The second-order valence-corrected chi connectivity index (χ2v) is 4.54. The molecule has 2 N–H and O–H groups in total. The second-order valence-electron chi connectivity index (χ2n) is 4.14. The van der Waals surface area contributed by atoms with Crippen molar-refractivity contribution in [3.8, 4) is 5.75 Å². The van der Waals surface area contributed by atoms with Crippen molar-refractivity contribution >= 4 is 23.5 Å². The van der Waals surface area contributed by atoms with Crippen LogP contribution < -0.4 is 15.5 Å². The highest BCUT2D eigenvalue weighted by Gasteiger charge is 1.99. The Morgan fingerprint density at radius 3 is 2.89 bits per heavy atom. The first-order chi connectivity index (χ1) is 9.13. The number of hydrogen-bond donors (Lipinski definition) is 2. The zero-order valence-corrected chi connectivity index (χ0v) is 12.0. The molecule has 0 saturated carbocycles. The fraction of sp³-hybridized carbons (Fsp3) is 0.286. The molecule has 0 unspecified atom stereocenters. The van der Waals surface area contributed by atoms with Gasteiger partial charge in [0.05, 0.1) is 6.21 Å². The van der Waals surface area contributed by atoms with Gasteiger partial charge in [-0.1, -0.05) is 24.8 Å². The van der Waals surface area contributed by atoms with Crippen LogP contribution >= 0.6 is 12.2 Å². The van der Waals surface area contributed by atoms with E-state index in [2.05, 4.69) is 22.4 Å². The van der Waals surface area contributed by atoms with Gasteiger partial charge in [0.1, 0.15) is 12.4 Å². The van der Waals surface area contributed by atoms with Crippen LogP contribution in [-0.4, -0.2) is 24.0 Å². The van der Waals surface area contributed by atoms with Gasteiger partial charge >= 0.3 is 0 Å². The quantitative estimate of drug-likeness (QED) is 0.363. The standard InChI is InChI=1S/C14H19N3OS/c1-4-9-18-13-8-6-5-7-12(13)10-15-17-14(19)16-11(2)3/h4-8,10-11H,1,9H2,2-3H3,(H2,16,17,19)/b15-10-. The molecule has 0 aliphatic carbocycles. The molecule has 0 atom stereocenters. The molecule has 0 bridgehead atoms. The highest BCUT2D eigenvalue weighted by Crippen LogP contribution is 2.15. The molecule has 1 aromatic carbocycles. The predicted octanol–water partition coefficient (Wildman–Crippen LogP) is 2.46. The predicted molar refractivity (Wildman–Crippen MR) is 83.7 cm³/mol. The molecule has 19 heavy (non-hydrogen) atoms. The summed E-state index contributed by atoms with van der Waals surface area (Å²) < 4.78 is 5.52. The number of para-hydroxylation sites is 1. The number of nitrogens with zero attached hydrogens (tertiary/aromatic N) is 1. The van der Waals surface area contributed by atoms with Gasteiger partial charge < -0.3 is 10.1 Å². The van der Waals surface area contributed by atoms with E-state index in [-0.39, 0.29) is 6.04 Å². The molecule has 4 nitrogen and oxygen atoms in total. The first kappa shape index (κ1) is 15.2. The summed E-state index contributed by atoms with van der Waals surface area (Å²) in [5, 5.41) is 7.61. The zero-order valence-electron chi connectivity index (χ0n) is 11.2. The van der Waals surface area contributed by atoms with E-state index in [4.69, 9.17) is 17.0 Å². The van der Waals surface area contributed by atoms with Gasteiger partial charge in [-0.25, -0.2) is 0 Å². The summed E-state index contributed by atoms with van der Waals surface area (Å²) in [5.74, 6) is 0.760. The molecular formula is C14H19N3OS. The summed E-state index contributed by atoms with van der Waals surface area (Å²) >= 11 is 5.07. The van der Waals surface area contributed by atoms with Gasteiger partial charge in [0.15, 0.2) is 5.11 Å². The Bertz CT molecular complexity index is 458. The summed E-state index contributed by atoms with van der Waals surface area (Å²) in [7, 11) is 0. The van der Waals surface area contributed by atoms with Gasteiger partial charge in [0.25, 0.3) is 0 Å². The summed E-state index contributed by atoms with van der Waals surface area (Å²) in [6.07, 6.45) is 3.38. The molecule has 1 aromatic rings. The normalized spacial score (nSPS) is 10.5. The molecule has 0 aliphatic rings. The average molecular weight is 277 g/mol. The molecule has 0 aliphatic heterocycles.